The number of carbonyl (C=O) groups excluding carboxylic acids is 1. The van der Waals surface area contributed by atoms with Gasteiger partial charge in [0.15, 0.2) is 0 Å². The second-order valence-electron chi connectivity index (χ2n) is 4.90. The average Bonchev–Trinajstić information content (AvgIpc) is 2.78. The molecular formula is C15H17BrN2O2. The number of halogens is 1. The van der Waals surface area contributed by atoms with Crippen LogP contribution in [0.4, 0.5) is 11.4 Å². The van der Waals surface area contributed by atoms with E-state index >= 15 is 0 Å². The monoisotopic (exact) mass is 336 g/mol. The summed E-state index contributed by atoms with van der Waals surface area (Å²) in [6.07, 6.45) is 1.47. The molecule has 0 atom stereocenters. The van der Waals surface area contributed by atoms with Crippen LogP contribution < -0.4 is 10.6 Å². The van der Waals surface area contributed by atoms with Crippen molar-refractivity contribution in [2.24, 2.45) is 0 Å². The highest BCUT2D eigenvalue weighted by atomic mass is 79.9. The zero-order valence-electron chi connectivity index (χ0n) is 11.7. The molecular weight excluding hydrogens is 320 g/mol. The van der Waals surface area contributed by atoms with E-state index in [1.807, 2.05) is 25.1 Å². The van der Waals surface area contributed by atoms with Gasteiger partial charge in [-0.15, -0.1) is 0 Å². The molecule has 0 spiro atoms. The maximum absolute atomic E-state index is 12.2. The highest BCUT2D eigenvalue weighted by molar-refractivity contribution is 9.10. The molecule has 0 radical (unpaired) electrons. The second-order valence-corrected chi connectivity index (χ2v) is 5.75. The molecule has 0 saturated heterocycles. The molecule has 20 heavy (non-hydrogen) atoms. The molecule has 0 aliphatic carbocycles. The molecule has 0 bridgehead atoms. The van der Waals surface area contributed by atoms with Crippen LogP contribution >= 0.6 is 15.9 Å². The van der Waals surface area contributed by atoms with Crippen LogP contribution in [0.25, 0.3) is 0 Å². The summed E-state index contributed by atoms with van der Waals surface area (Å²) >= 11 is 3.28. The molecule has 4 nitrogen and oxygen atoms in total. The van der Waals surface area contributed by atoms with Crippen LogP contribution in [0.1, 0.15) is 30.0 Å². The molecule has 2 aromatic rings. The smallest absolute Gasteiger partial charge is 0.292 e. The van der Waals surface area contributed by atoms with Gasteiger partial charge < -0.3 is 15.1 Å². The zero-order chi connectivity index (χ0) is 14.7. The van der Waals surface area contributed by atoms with E-state index in [9.17, 15) is 4.79 Å². The molecule has 0 saturated carbocycles. The van der Waals surface area contributed by atoms with Crippen LogP contribution in [0.5, 0.6) is 0 Å². The fourth-order valence-electron chi connectivity index (χ4n) is 1.83. The van der Waals surface area contributed by atoms with Gasteiger partial charge in [-0.05, 0) is 60.5 Å². The zero-order valence-corrected chi connectivity index (χ0v) is 13.2. The number of anilines is 2. The predicted octanol–water partition coefficient (Wildman–Crippen LogP) is 4.42. The maximum Gasteiger partial charge on any atom is 0.292 e. The van der Waals surface area contributed by atoms with Crippen LogP contribution in [-0.2, 0) is 0 Å². The molecule has 0 unspecified atom stereocenters. The number of nitrogens with one attached hydrogen (secondary N) is 2. The Hall–Kier alpha value is -1.75. The van der Waals surface area contributed by atoms with Gasteiger partial charge in [0.25, 0.3) is 5.91 Å². The topological polar surface area (TPSA) is 54.3 Å². The molecule has 5 heteroatoms. The molecule has 1 heterocycles. The van der Waals surface area contributed by atoms with E-state index in [1.54, 1.807) is 6.07 Å². The van der Waals surface area contributed by atoms with E-state index in [0.717, 1.165) is 16.9 Å². The molecule has 2 rings (SSSR count). The molecule has 0 aliphatic rings. The Labute approximate surface area is 126 Å². The number of rotatable bonds is 4. The van der Waals surface area contributed by atoms with E-state index in [2.05, 4.69) is 40.4 Å². The molecule has 1 aromatic heterocycles. The lowest BCUT2D eigenvalue weighted by Gasteiger charge is -2.16. The van der Waals surface area contributed by atoms with Crippen LogP contribution in [0.2, 0.25) is 0 Å². The SMILES string of the molecule is Cc1ccc(NC(C)C)c(NC(=O)c2occc2Br)c1. The van der Waals surface area contributed by atoms with Crippen molar-refractivity contribution in [1.29, 1.82) is 0 Å². The first-order chi connectivity index (χ1) is 9.47. The van der Waals surface area contributed by atoms with E-state index in [-0.39, 0.29) is 17.7 Å². The van der Waals surface area contributed by atoms with Gasteiger partial charge in [0.05, 0.1) is 22.1 Å². The van der Waals surface area contributed by atoms with E-state index in [1.165, 1.54) is 6.26 Å². The Balaban J connectivity index is 2.26. The van der Waals surface area contributed by atoms with Crippen LogP contribution in [0.3, 0.4) is 0 Å². The summed E-state index contributed by atoms with van der Waals surface area (Å²) in [7, 11) is 0. The van der Waals surface area contributed by atoms with Gasteiger partial charge in [0.2, 0.25) is 5.76 Å². The van der Waals surface area contributed by atoms with Gasteiger partial charge in [-0.1, -0.05) is 6.07 Å². The molecule has 0 fully saturated rings. The summed E-state index contributed by atoms with van der Waals surface area (Å²) in [5, 5.41) is 6.18. The van der Waals surface area contributed by atoms with Crippen molar-refractivity contribution in [2.75, 3.05) is 10.6 Å². The highest BCUT2D eigenvalue weighted by Crippen LogP contribution is 2.26. The van der Waals surface area contributed by atoms with Gasteiger partial charge in [0.1, 0.15) is 0 Å². The van der Waals surface area contributed by atoms with E-state index in [0.29, 0.717) is 4.47 Å². The van der Waals surface area contributed by atoms with Gasteiger partial charge in [-0.2, -0.15) is 0 Å². The Kier molecular flexibility index (Phi) is 4.49. The van der Waals surface area contributed by atoms with Crippen molar-refractivity contribution in [3.05, 3.63) is 46.3 Å². The van der Waals surface area contributed by atoms with Crippen molar-refractivity contribution in [1.82, 2.24) is 0 Å². The van der Waals surface area contributed by atoms with Crippen molar-refractivity contribution in [3.63, 3.8) is 0 Å². The lowest BCUT2D eigenvalue weighted by molar-refractivity contribution is 0.0995. The first-order valence-electron chi connectivity index (χ1n) is 6.39. The summed E-state index contributed by atoms with van der Waals surface area (Å²) in [4.78, 5) is 12.2. The van der Waals surface area contributed by atoms with Gasteiger partial charge in [-0.3, -0.25) is 4.79 Å². The van der Waals surface area contributed by atoms with Crippen molar-refractivity contribution >= 4 is 33.2 Å². The fraction of sp³-hybridized carbons (Fsp3) is 0.267. The predicted molar refractivity (Wildman–Crippen MR) is 84.3 cm³/mol. The molecule has 0 aliphatic heterocycles. The molecule has 106 valence electrons. The minimum absolute atomic E-state index is 0.266. The van der Waals surface area contributed by atoms with Gasteiger partial charge >= 0.3 is 0 Å². The average molecular weight is 337 g/mol. The lowest BCUT2D eigenvalue weighted by Crippen LogP contribution is -2.16. The summed E-state index contributed by atoms with van der Waals surface area (Å²) in [5.41, 5.74) is 2.71. The summed E-state index contributed by atoms with van der Waals surface area (Å²) < 4.78 is 5.81. The number of carbonyl (C=O) groups is 1. The fourth-order valence-corrected chi connectivity index (χ4v) is 2.21. The summed E-state index contributed by atoms with van der Waals surface area (Å²) in [6, 6.07) is 7.87. The first-order valence-corrected chi connectivity index (χ1v) is 7.18. The normalized spacial score (nSPS) is 10.7. The Morgan fingerprint density at radius 3 is 2.60 bits per heavy atom. The highest BCUT2D eigenvalue weighted by Gasteiger charge is 2.15. The third kappa shape index (κ3) is 3.42. The standard InChI is InChI=1S/C15H17BrN2O2/c1-9(2)17-12-5-4-10(3)8-13(12)18-15(19)14-11(16)6-7-20-14/h4-9,17H,1-3H3,(H,18,19). The number of hydrogen-bond acceptors (Lipinski definition) is 3. The van der Waals surface area contributed by atoms with Gasteiger partial charge in [-0.25, -0.2) is 0 Å². The van der Waals surface area contributed by atoms with Crippen molar-refractivity contribution < 1.29 is 9.21 Å². The number of aryl methyl sites for hydroxylation is 1. The maximum atomic E-state index is 12.2. The van der Waals surface area contributed by atoms with Gasteiger partial charge in [0, 0.05) is 6.04 Å². The Morgan fingerprint density at radius 1 is 1.25 bits per heavy atom. The minimum atomic E-state index is -0.278. The number of amides is 1. The minimum Gasteiger partial charge on any atom is -0.458 e. The van der Waals surface area contributed by atoms with Crippen LogP contribution in [0.15, 0.2) is 39.4 Å². The van der Waals surface area contributed by atoms with E-state index < -0.39 is 0 Å². The van der Waals surface area contributed by atoms with Crippen LogP contribution in [-0.4, -0.2) is 11.9 Å². The summed E-state index contributed by atoms with van der Waals surface area (Å²) in [5.74, 6) is -0.0127. The second kappa shape index (κ2) is 6.13. The quantitative estimate of drug-likeness (QED) is 0.868. The van der Waals surface area contributed by atoms with Crippen LogP contribution in [0, 0.1) is 6.92 Å². The number of furan rings is 1. The third-order valence-corrected chi connectivity index (χ3v) is 3.32. The molecule has 1 amide bonds. The third-order valence-electron chi connectivity index (χ3n) is 2.69. The number of benzene rings is 1. The molecule has 2 N–H and O–H groups in total. The first kappa shape index (κ1) is 14.7. The lowest BCUT2D eigenvalue weighted by atomic mass is 10.1. The largest absolute Gasteiger partial charge is 0.458 e. The van der Waals surface area contributed by atoms with Crippen molar-refractivity contribution in [2.45, 2.75) is 26.8 Å². The summed E-state index contributed by atoms with van der Waals surface area (Å²) in [6.45, 7) is 6.08. The van der Waals surface area contributed by atoms with Crippen molar-refractivity contribution in [3.8, 4) is 0 Å². The Bertz CT molecular complexity index is 620. The van der Waals surface area contributed by atoms with E-state index in [4.69, 9.17) is 4.42 Å². The number of hydrogen-bond donors (Lipinski definition) is 2. The molecule has 1 aromatic carbocycles. The Morgan fingerprint density at radius 2 is 2.00 bits per heavy atom.